The van der Waals surface area contributed by atoms with E-state index in [-0.39, 0.29) is 5.91 Å². The van der Waals surface area contributed by atoms with Crippen molar-refractivity contribution in [2.75, 3.05) is 5.32 Å². The second-order valence-electron chi connectivity index (χ2n) is 6.03. The van der Waals surface area contributed by atoms with E-state index in [9.17, 15) is 4.79 Å². The van der Waals surface area contributed by atoms with E-state index in [1.54, 1.807) is 27.7 Å². The number of anilines is 1. The minimum absolute atomic E-state index is 0.312. The number of aryl methyl sites for hydroxylation is 3. The lowest BCUT2D eigenvalue weighted by Gasteiger charge is -2.02. The number of amides is 1. The lowest BCUT2D eigenvalue weighted by atomic mass is 10.4. The van der Waals surface area contributed by atoms with Gasteiger partial charge < -0.3 is 4.57 Å². The lowest BCUT2D eigenvalue weighted by Crippen LogP contribution is -2.14. The molecule has 1 amide bonds. The lowest BCUT2D eigenvalue weighted by molar-refractivity contribution is 0.102. The molecule has 0 fully saturated rings. The fraction of sp³-hybridized carbons (Fsp3) is 0.250. The van der Waals surface area contributed by atoms with Crippen LogP contribution in [0, 0.1) is 11.7 Å². The quantitative estimate of drug-likeness (QED) is 0.467. The van der Waals surface area contributed by atoms with E-state index in [1.165, 1.54) is 11.3 Å². The number of hydrogen-bond acceptors (Lipinski definition) is 7. The zero-order valence-corrected chi connectivity index (χ0v) is 16.8. The molecule has 10 nitrogen and oxygen atoms in total. The van der Waals surface area contributed by atoms with Crippen LogP contribution in [0.15, 0.2) is 30.7 Å². The fourth-order valence-corrected chi connectivity index (χ4v) is 3.73. The summed E-state index contributed by atoms with van der Waals surface area (Å²) in [5.41, 5.74) is 1.09. The van der Waals surface area contributed by atoms with E-state index in [1.807, 2.05) is 30.9 Å². The summed E-state index contributed by atoms with van der Waals surface area (Å²) >= 11 is 6.49. The molecule has 4 aromatic rings. The van der Waals surface area contributed by atoms with Crippen LogP contribution < -0.4 is 5.32 Å². The first-order valence-corrected chi connectivity index (χ1v) is 9.65. The zero-order valence-electron chi connectivity index (χ0n) is 15.2. The third-order valence-corrected chi connectivity index (χ3v) is 5.52. The third-order valence-electron chi connectivity index (χ3n) is 4.09. The molecule has 0 unspecified atom stereocenters. The molecule has 0 aliphatic heterocycles. The van der Waals surface area contributed by atoms with Gasteiger partial charge in [-0.2, -0.15) is 15.3 Å². The Bertz CT molecular complexity index is 1170. The molecule has 0 radical (unpaired) electrons. The van der Waals surface area contributed by atoms with Gasteiger partial charge in [0.25, 0.3) is 5.91 Å². The van der Waals surface area contributed by atoms with Crippen molar-refractivity contribution in [1.82, 2.24) is 39.3 Å². The van der Waals surface area contributed by atoms with Crippen molar-refractivity contribution in [3.05, 3.63) is 46.9 Å². The SMILES string of the molecule is Cc1nc(NC(=O)c2ccn(CCn3cccn3)n2)sc1-c1n[nH]c(=S)n1C. The van der Waals surface area contributed by atoms with E-state index < -0.39 is 0 Å². The average Bonchev–Trinajstić information content (AvgIpc) is 3.44. The second kappa shape index (κ2) is 7.48. The molecule has 0 bridgehead atoms. The summed E-state index contributed by atoms with van der Waals surface area (Å²) in [4.78, 5) is 17.8. The number of aromatic nitrogens is 8. The van der Waals surface area contributed by atoms with Gasteiger partial charge >= 0.3 is 0 Å². The Morgan fingerprint density at radius 2 is 2.14 bits per heavy atom. The van der Waals surface area contributed by atoms with Crippen LogP contribution in [0.25, 0.3) is 10.7 Å². The van der Waals surface area contributed by atoms with Crippen LogP contribution in [0.5, 0.6) is 0 Å². The maximum Gasteiger partial charge on any atom is 0.277 e. The molecule has 0 spiro atoms. The van der Waals surface area contributed by atoms with Crippen LogP contribution in [0.4, 0.5) is 5.13 Å². The number of hydrogen-bond donors (Lipinski definition) is 2. The Morgan fingerprint density at radius 3 is 2.86 bits per heavy atom. The van der Waals surface area contributed by atoms with Gasteiger partial charge in [0.15, 0.2) is 21.4 Å². The maximum absolute atomic E-state index is 12.5. The largest absolute Gasteiger partial charge is 0.303 e. The van der Waals surface area contributed by atoms with Gasteiger partial charge in [-0.25, -0.2) is 4.98 Å². The van der Waals surface area contributed by atoms with Crippen LogP contribution in [0.3, 0.4) is 0 Å². The Morgan fingerprint density at radius 1 is 1.32 bits per heavy atom. The number of H-pyrrole nitrogens is 1. The molecule has 0 aliphatic carbocycles. The summed E-state index contributed by atoms with van der Waals surface area (Å²) in [6.07, 6.45) is 5.38. The van der Waals surface area contributed by atoms with E-state index in [0.29, 0.717) is 34.5 Å². The summed E-state index contributed by atoms with van der Waals surface area (Å²) in [7, 11) is 1.83. The number of rotatable bonds is 6. The highest BCUT2D eigenvalue weighted by Gasteiger charge is 2.17. The minimum Gasteiger partial charge on any atom is -0.303 e. The van der Waals surface area contributed by atoms with Gasteiger partial charge in [0.1, 0.15) is 0 Å². The van der Waals surface area contributed by atoms with Crippen molar-refractivity contribution in [3.63, 3.8) is 0 Å². The minimum atomic E-state index is -0.312. The van der Waals surface area contributed by atoms with Crippen LogP contribution in [-0.4, -0.2) is 45.2 Å². The van der Waals surface area contributed by atoms with Crippen molar-refractivity contribution in [1.29, 1.82) is 0 Å². The highest BCUT2D eigenvalue weighted by molar-refractivity contribution is 7.71. The normalized spacial score (nSPS) is 11.1. The molecule has 28 heavy (non-hydrogen) atoms. The van der Waals surface area contributed by atoms with Crippen molar-refractivity contribution in [2.45, 2.75) is 20.0 Å². The molecule has 2 N–H and O–H groups in total. The van der Waals surface area contributed by atoms with Gasteiger partial charge in [-0.3, -0.25) is 24.6 Å². The summed E-state index contributed by atoms with van der Waals surface area (Å²) < 4.78 is 5.81. The number of aromatic amines is 1. The Hall–Kier alpha value is -3.12. The van der Waals surface area contributed by atoms with Crippen LogP contribution >= 0.6 is 23.6 Å². The standard InChI is InChI=1S/C16H17N9OS2/c1-10-12(13-20-21-16(27)23(13)2)28-15(18-10)19-14(26)11-4-7-25(22-11)9-8-24-6-3-5-17-24/h3-7H,8-9H2,1-2H3,(H,21,27)(H,18,19,26). The fourth-order valence-electron chi connectivity index (χ4n) is 2.61. The Kier molecular flexibility index (Phi) is 4.88. The molecule has 12 heteroatoms. The summed E-state index contributed by atoms with van der Waals surface area (Å²) in [5.74, 6) is 0.372. The number of carbonyl (C=O) groups is 1. The van der Waals surface area contributed by atoms with Crippen molar-refractivity contribution < 1.29 is 4.79 Å². The number of carbonyl (C=O) groups excluding carboxylic acids is 1. The molecule has 0 aliphatic rings. The highest BCUT2D eigenvalue weighted by atomic mass is 32.1. The smallest absolute Gasteiger partial charge is 0.277 e. The first-order chi connectivity index (χ1) is 13.5. The number of nitrogens with one attached hydrogen (secondary N) is 2. The molecule has 0 saturated carbocycles. The third kappa shape index (κ3) is 3.64. The van der Waals surface area contributed by atoms with E-state index >= 15 is 0 Å². The van der Waals surface area contributed by atoms with Gasteiger partial charge in [-0.15, -0.1) is 0 Å². The Labute approximate surface area is 168 Å². The molecule has 0 saturated heterocycles. The first kappa shape index (κ1) is 18.3. The summed E-state index contributed by atoms with van der Waals surface area (Å²) in [5, 5.41) is 18.7. The predicted octanol–water partition coefficient (Wildman–Crippen LogP) is 2.26. The van der Waals surface area contributed by atoms with E-state index in [2.05, 4.69) is 30.7 Å². The van der Waals surface area contributed by atoms with Crippen molar-refractivity contribution in [2.24, 2.45) is 7.05 Å². The molecule has 0 atom stereocenters. The maximum atomic E-state index is 12.5. The summed E-state index contributed by atoms with van der Waals surface area (Å²) in [6.45, 7) is 3.16. The first-order valence-electron chi connectivity index (χ1n) is 8.42. The van der Waals surface area contributed by atoms with Crippen LogP contribution in [-0.2, 0) is 20.1 Å². The average molecular weight is 416 g/mol. The van der Waals surface area contributed by atoms with Crippen molar-refractivity contribution >= 4 is 34.6 Å². The van der Waals surface area contributed by atoms with Gasteiger partial charge in [-0.1, -0.05) is 11.3 Å². The predicted molar refractivity (Wildman–Crippen MR) is 107 cm³/mol. The molecule has 144 valence electrons. The molecule has 4 aromatic heterocycles. The van der Waals surface area contributed by atoms with Crippen LogP contribution in [0.2, 0.25) is 0 Å². The van der Waals surface area contributed by atoms with E-state index in [4.69, 9.17) is 12.2 Å². The molecule has 4 rings (SSSR count). The number of thiazole rings is 1. The van der Waals surface area contributed by atoms with Gasteiger partial charge in [0.05, 0.1) is 23.7 Å². The zero-order chi connectivity index (χ0) is 19.7. The second-order valence-corrected chi connectivity index (χ2v) is 7.42. The number of nitrogens with zero attached hydrogens (tertiary/aromatic N) is 7. The van der Waals surface area contributed by atoms with Crippen LogP contribution in [0.1, 0.15) is 16.2 Å². The molecule has 4 heterocycles. The van der Waals surface area contributed by atoms with E-state index in [0.717, 1.165) is 10.6 Å². The monoisotopic (exact) mass is 415 g/mol. The molecule has 0 aromatic carbocycles. The molecular formula is C16H17N9OS2. The Balaban J connectivity index is 1.45. The highest BCUT2D eigenvalue weighted by Crippen LogP contribution is 2.31. The summed E-state index contributed by atoms with van der Waals surface area (Å²) in [6, 6.07) is 3.54. The van der Waals surface area contributed by atoms with Gasteiger partial charge in [-0.05, 0) is 31.3 Å². The molecular weight excluding hydrogens is 398 g/mol. The van der Waals surface area contributed by atoms with Crippen molar-refractivity contribution in [3.8, 4) is 10.7 Å². The van der Waals surface area contributed by atoms with Gasteiger partial charge in [0.2, 0.25) is 0 Å². The topological polar surface area (TPSA) is 111 Å². The van der Waals surface area contributed by atoms with Gasteiger partial charge in [0, 0.05) is 25.6 Å².